The second kappa shape index (κ2) is 4.29. The molecule has 3 nitrogen and oxygen atoms in total. The highest BCUT2D eigenvalue weighted by atomic mass is 32.2. The quantitative estimate of drug-likeness (QED) is 0.728. The summed E-state index contributed by atoms with van der Waals surface area (Å²) < 4.78 is 0. The molecule has 2 N–H and O–H groups in total. The van der Waals surface area contributed by atoms with Crippen LogP contribution in [0.2, 0.25) is 0 Å². The number of pyridine rings is 1. The first-order valence-corrected chi connectivity index (χ1v) is 5.74. The Hall–Kier alpha value is -0.580. The predicted octanol–water partition coefficient (Wildman–Crippen LogP) is 0.898. The van der Waals surface area contributed by atoms with Crippen LogP contribution >= 0.6 is 11.8 Å². The van der Waals surface area contributed by atoms with Crippen molar-refractivity contribution in [3.63, 3.8) is 0 Å². The lowest BCUT2D eigenvalue weighted by atomic mass is 10.1. The summed E-state index contributed by atoms with van der Waals surface area (Å²) in [7, 11) is 0. The Morgan fingerprint density at radius 3 is 3.14 bits per heavy atom. The van der Waals surface area contributed by atoms with Crippen molar-refractivity contribution in [3.8, 4) is 0 Å². The van der Waals surface area contributed by atoms with Crippen LogP contribution in [0.5, 0.6) is 0 Å². The van der Waals surface area contributed by atoms with Crippen molar-refractivity contribution >= 4 is 11.8 Å². The summed E-state index contributed by atoms with van der Waals surface area (Å²) in [6, 6.07) is 5.83. The standard InChI is InChI=1S/C10H14N2OS/c13-10(4-6-11-7-10)8-14-9-3-1-2-5-12-9/h1-3,5,11,13H,4,6-8H2/t10-/m1/s1. The van der Waals surface area contributed by atoms with Gasteiger partial charge in [-0.25, -0.2) is 4.98 Å². The fraction of sp³-hybridized carbons (Fsp3) is 0.500. The van der Waals surface area contributed by atoms with E-state index in [1.165, 1.54) is 0 Å². The molecule has 14 heavy (non-hydrogen) atoms. The molecule has 4 heteroatoms. The highest BCUT2D eigenvalue weighted by molar-refractivity contribution is 7.99. The van der Waals surface area contributed by atoms with Crippen LogP contribution in [-0.2, 0) is 0 Å². The highest BCUT2D eigenvalue weighted by Crippen LogP contribution is 2.24. The maximum absolute atomic E-state index is 10.0. The fourth-order valence-corrected chi connectivity index (χ4v) is 2.47. The average Bonchev–Trinajstić information content (AvgIpc) is 2.65. The molecule has 1 fully saturated rings. The molecule has 76 valence electrons. The number of hydrogen-bond donors (Lipinski definition) is 2. The monoisotopic (exact) mass is 210 g/mol. The minimum Gasteiger partial charge on any atom is -0.388 e. The Balaban J connectivity index is 1.88. The maximum atomic E-state index is 10.0. The lowest BCUT2D eigenvalue weighted by Gasteiger charge is -2.19. The number of thioether (sulfide) groups is 1. The molecule has 2 rings (SSSR count). The molecule has 1 saturated heterocycles. The number of aromatic nitrogens is 1. The van der Waals surface area contributed by atoms with Gasteiger partial charge in [0.15, 0.2) is 0 Å². The van der Waals surface area contributed by atoms with Crippen molar-refractivity contribution < 1.29 is 5.11 Å². The van der Waals surface area contributed by atoms with Crippen LogP contribution in [0.25, 0.3) is 0 Å². The smallest absolute Gasteiger partial charge is 0.0960 e. The van der Waals surface area contributed by atoms with E-state index in [0.717, 1.165) is 23.7 Å². The van der Waals surface area contributed by atoms with Gasteiger partial charge < -0.3 is 10.4 Å². The second-order valence-corrected chi connectivity index (χ2v) is 4.60. The van der Waals surface area contributed by atoms with Gasteiger partial charge in [0.05, 0.1) is 10.6 Å². The van der Waals surface area contributed by atoms with E-state index < -0.39 is 5.60 Å². The summed E-state index contributed by atoms with van der Waals surface area (Å²) in [5.74, 6) is 0.719. The number of nitrogens with zero attached hydrogens (tertiary/aromatic N) is 1. The first-order chi connectivity index (χ1) is 6.79. The normalized spacial score (nSPS) is 26.6. The van der Waals surface area contributed by atoms with E-state index in [9.17, 15) is 5.11 Å². The van der Waals surface area contributed by atoms with Crippen LogP contribution in [0.3, 0.4) is 0 Å². The molecule has 1 aromatic heterocycles. The average molecular weight is 210 g/mol. The lowest BCUT2D eigenvalue weighted by Crippen LogP contribution is -2.34. The molecule has 0 bridgehead atoms. The van der Waals surface area contributed by atoms with Crippen molar-refractivity contribution in [1.82, 2.24) is 10.3 Å². The Kier molecular flexibility index (Phi) is 3.05. The van der Waals surface area contributed by atoms with Crippen molar-refractivity contribution in [2.45, 2.75) is 17.0 Å². The number of β-amino-alcohol motifs (C(OH)–C–C–N with tert-alkyl or cyclic N) is 1. The van der Waals surface area contributed by atoms with Gasteiger partial charge in [0, 0.05) is 18.5 Å². The molecule has 0 aromatic carbocycles. The van der Waals surface area contributed by atoms with E-state index in [1.54, 1.807) is 18.0 Å². The van der Waals surface area contributed by atoms with Gasteiger partial charge in [-0.1, -0.05) is 6.07 Å². The molecule has 0 unspecified atom stereocenters. The second-order valence-electron chi connectivity index (χ2n) is 3.61. The van der Waals surface area contributed by atoms with Crippen LogP contribution in [0.4, 0.5) is 0 Å². The zero-order valence-electron chi connectivity index (χ0n) is 7.94. The van der Waals surface area contributed by atoms with Gasteiger partial charge in [-0.15, -0.1) is 11.8 Å². The number of rotatable bonds is 3. The Morgan fingerprint density at radius 2 is 2.50 bits per heavy atom. The molecule has 0 saturated carbocycles. The molecule has 0 radical (unpaired) electrons. The van der Waals surface area contributed by atoms with Crippen molar-refractivity contribution in [2.24, 2.45) is 0 Å². The van der Waals surface area contributed by atoms with E-state index in [1.807, 2.05) is 18.2 Å². The van der Waals surface area contributed by atoms with E-state index in [0.29, 0.717) is 6.54 Å². The maximum Gasteiger partial charge on any atom is 0.0960 e. The minimum atomic E-state index is -0.539. The topological polar surface area (TPSA) is 45.2 Å². The minimum absolute atomic E-state index is 0.539. The van der Waals surface area contributed by atoms with Gasteiger partial charge in [0.1, 0.15) is 0 Å². The first-order valence-electron chi connectivity index (χ1n) is 4.75. The van der Waals surface area contributed by atoms with E-state index in [-0.39, 0.29) is 0 Å². The predicted molar refractivity (Wildman–Crippen MR) is 57.4 cm³/mol. The van der Waals surface area contributed by atoms with Gasteiger partial charge in [-0.3, -0.25) is 0 Å². The van der Waals surface area contributed by atoms with E-state index in [4.69, 9.17) is 0 Å². The lowest BCUT2D eigenvalue weighted by molar-refractivity contribution is 0.0871. The Bertz CT molecular complexity index is 285. The SMILES string of the molecule is O[C@]1(CSc2ccccn2)CCNC1. The number of aliphatic hydroxyl groups is 1. The number of nitrogens with one attached hydrogen (secondary N) is 1. The van der Waals surface area contributed by atoms with Gasteiger partial charge >= 0.3 is 0 Å². The third-order valence-electron chi connectivity index (χ3n) is 2.35. The first kappa shape index (κ1) is 9.96. The molecular formula is C10H14N2OS. The third-order valence-corrected chi connectivity index (χ3v) is 3.57. The summed E-state index contributed by atoms with van der Waals surface area (Å²) in [6.45, 7) is 1.62. The molecule has 2 heterocycles. The zero-order chi connectivity index (χ0) is 9.86. The van der Waals surface area contributed by atoms with Crippen LogP contribution in [0.1, 0.15) is 6.42 Å². The third kappa shape index (κ3) is 2.47. The molecule has 0 amide bonds. The van der Waals surface area contributed by atoms with Crippen molar-refractivity contribution in [3.05, 3.63) is 24.4 Å². The van der Waals surface area contributed by atoms with Crippen LogP contribution in [0.15, 0.2) is 29.4 Å². The van der Waals surface area contributed by atoms with E-state index in [2.05, 4.69) is 10.3 Å². The van der Waals surface area contributed by atoms with Crippen molar-refractivity contribution in [2.75, 3.05) is 18.8 Å². The molecule has 0 spiro atoms. The van der Waals surface area contributed by atoms with Crippen LogP contribution < -0.4 is 5.32 Å². The summed E-state index contributed by atoms with van der Waals surface area (Å²) in [6.07, 6.45) is 2.62. The van der Waals surface area contributed by atoms with Gasteiger partial charge in [-0.2, -0.15) is 0 Å². The Morgan fingerprint density at radius 1 is 1.57 bits per heavy atom. The summed E-state index contributed by atoms with van der Waals surface area (Å²) in [5, 5.41) is 14.2. The zero-order valence-corrected chi connectivity index (χ0v) is 8.76. The summed E-state index contributed by atoms with van der Waals surface area (Å²) >= 11 is 1.62. The number of hydrogen-bond acceptors (Lipinski definition) is 4. The van der Waals surface area contributed by atoms with Crippen molar-refractivity contribution in [1.29, 1.82) is 0 Å². The van der Waals surface area contributed by atoms with Crippen LogP contribution in [-0.4, -0.2) is 34.5 Å². The molecular weight excluding hydrogens is 196 g/mol. The summed E-state index contributed by atoms with van der Waals surface area (Å²) in [5.41, 5.74) is -0.539. The molecule has 0 aliphatic carbocycles. The summed E-state index contributed by atoms with van der Waals surface area (Å²) in [4.78, 5) is 4.20. The largest absolute Gasteiger partial charge is 0.388 e. The van der Waals surface area contributed by atoms with E-state index >= 15 is 0 Å². The van der Waals surface area contributed by atoms with Gasteiger partial charge in [-0.05, 0) is 25.1 Å². The fourth-order valence-electron chi connectivity index (χ4n) is 1.49. The Labute approximate surface area is 87.9 Å². The van der Waals surface area contributed by atoms with Gasteiger partial charge in [0.2, 0.25) is 0 Å². The molecule has 1 aromatic rings. The molecule has 1 aliphatic rings. The molecule has 1 aliphatic heterocycles. The molecule has 1 atom stereocenters. The highest BCUT2D eigenvalue weighted by Gasteiger charge is 2.30. The van der Waals surface area contributed by atoms with Gasteiger partial charge in [0.25, 0.3) is 0 Å². The van der Waals surface area contributed by atoms with Crippen LogP contribution in [0, 0.1) is 0 Å².